The van der Waals surface area contributed by atoms with Crippen molar-refractivity contribution in [3.8, 4) is 0 Å². The Morgan fingerprint density at radius 3 is 2.20 bits per heavy atom. The Morgan fingerprint density at radius 1 is 1.33 bits per heavy atom. The summed E-state index contributed by atoms with van der Waals surface area (Å²) in [5.74, 6) is 0. The van der Waals surface area contributed by atoms with E-state index in [-0.39, 0.29) is 5.02 Å². The molecule has 0 aromatic carbocycles. The van der Waals surface area contributed by atoms with Gasteiger partial charge in [0, 0.05) is 6.20 Å². The second-order valence-electron chi connectivity index (χ2n) is 2.50. The van der Waals surface area contributed by atoms with Crippen molar-refractivity contribution < 1.29 is 13.2 Å². The molecule has 0 fully saturated rings. The van der Waals surface area contributed by atoms with Crippen LogP contribution in [0.5, 0.6) is 0 Å². The number of aryl methyl sites for hydroxylation is 1. The highest BCUT2D eigenvalue weighted by atomic mass is 35.5. The summed E-state index contributed by atoms with van der Waals surface area (Å²) in [5.41, 5.74) is -0.329. The minimum absolute atomic E-state index is 0.0670. The monoisotopic (exact) mass is 239 g/mol. The van der Waals surface area contributed by atoms with E-state index in [1.54, 1.807) is 6.92 Å². The van der Waals surface area contributed by atoms with Gasteiger partial charge in [-0.2, -0.15) is 13.2 Å². The van der Waals surface area contributed by atoms with Crippen LogP contribution in [0.1, 0.15) is 32.0 Å². The zero-order chi connectivity index (χ0) is 12.1. The molecule has 1 rings (SSSR count). The van der Waals surface area contributed by atoms with Crippen molar-refractivity contribution in [3.63, 3.8) is 0 Å². The van der Waals surface area contributed by atoms with Gasteiger partial charge >= 0.3 is 6.18 Å². The summed E-state index contributed by atoms with van der Waals surface area (Å²) in [6.07, 6.45) is -3.05. The molecule has 1 nitrogen and oxygen atoms in total. The normalized spacial score (nSPS) is 10.6. The number of halogens is 4. The van der Waals surface area contributed by atoms with Gasteiger partial charge in [0.25, 0.3) is 0 Å². The third kappa shape index (κ3) is 4.08. The van der Waals surface area contributed by atoms with E-state index in [1.165, 1.54) is 0 Å². The Morgan fingerprint density at radius 2 is 1.87 bits per heavy atom. The zero-order valence-corrected chi connectivity index (χ0v) is 9.58. The Hall–Kier alpha value is -0.770. The van der Waals surface area contributed by atoms with Crippen LogP contribution < -0.4 is 0 Å². The summed E-state index contributed by atoms with van der Waals surface area (Å²) in [7, 11) is 0. The maximum Gasteiger partial charge on any atom is 0.417 e. The van der Waals surface area contributed by atoms with Crippen LogP contribution in [0.15, 0.2) is 12.3 Å². The molecule has 5 heteroatoms. The first-order chi connectivity index (χ1) is 6.95. The van der Waals surface area contributed by atoms with Crippen LogP contribution in [-0.4, -0.2) is 4.98 Å². The molecule has 0 unspecified atom stereocenters. The molecule has 1 heterocycles. The van der Waals surface area contributed by atoms with E-state index in [4.69, 9.17) is 11.6 Å². The molecule has 0 saturated carbocycles. The van der Waals surface area contributed by atoms with Gasteiger partial charge in [0.15, 0.2) is 0 Å². The smallest absolute Gasteiger partial charge is 0.259 e. The molecule has 1 aromatic heterocycles. The van der Waals surface area contributed by atoms with Gasteiger partial charge < -0.3 is 0 Å². The lowest BCUT2D eigenvalue weighted by Crippen LogP contribution is -2.06. The Balaban J connectivity index is 0.000000921. The molecule has 0 radical (unpaired) electrons. The molecule has 0 aliphatic heterocycles. The molecule has 1 aromatic rings. The van der Waals surface area contributed by atoms with E-state index in [1.807, 2.05) is 13.8 Å². The lowest BCUT2D eigenvalue weighted by Gasteiger charge is -2.07. The number of hydrogen-bond acceptors (Lipinski definition) is 1. The van der Waals surface area contributed by atoms with Crippen LogP contribution in [0.4, 0.5) is 13.2 Å². The first-order valence-corrected chi connectivity index (χ1v) is 5.04. The summed E-state index contributed by atoms with van der Waals surface area (Å²) in [6, 6.07) is 0.896. The topological polar surface area (TPSA) is 12.9 Å². The first-order valence-electron chi connectivity index (χ1n) is 4.66. The molecular weight excluding hydrogens is 227 g/mol. The lowest BCUT2D eigenvalue weighted by atomic mass is 10.2. The summed E-state index contributed by atoms with van der Waals surface area (Å²) in [4.78, 5) is 3.61. The van der Waals surface area contributed by atoms with Gasteiger partial charge in [-0.1, -0.05) is 32.4 Å². The SMILES string of the molecule is CC.CCc1ncc(C(F)(F)F)cc1Cl. The van der Waals surface area contributed by atoms with E-state index in [0.29, 0.717) is 12.1 Å². The van der Waals surface area contributed by atoms with Crippen LogP contribution in [0.2, 0.25) is 5.02 Å². The molecule has 0 atom stereocenters. The minimum atomic E-state index is -4.37. The zero-order valence-electron chi connectivity index (χ0n) is 8.82. The van der Waals surface area contributed by atoms with E-state index in [0.717, 1.165) is 12.3 Å². The van der Waals surface area contributed by atoms with Crippen LogP contribution >= 0.6 is 11.6 Å². The molecule has 0 saturated heterocycles. The van der Waals surface area contributed by atoms with Gasteiger partial charge in [-0.25, -0.2) is 0 Å². The van der Waals surface area contributed by atoms with Gasteiger partial charge in [-0.05, 0) is 12.5 Å². The van der Waals surface area contributed by atoms with Gasteiger partial charge in [0.05, 0.1) is 16.3 Å². The predicted octanol–water partition coefficient (Wildman–Crippen LogP) is 4.34. The van der Waals surface area contributed by atoms with E-state index >= 15 is 0 Å². The molecule has 0 bridgehead atoms. The van der Waals surface area contributed by atoms with Crippen LogP contribution in [0.25, 0.3) is 0 Å². The van der Waals surface area contributed by atoms with Crippen molar-refractivity contribution in [3.05, 3.63) is 28.5 Å². The number of rotatable bonds is 1. The van der Waals surface area contributed by atoms with Crippen LogP contribution in [-0.2, 0) is 12.6 Å². The first kappa shape index (κ1) is 14.2. The van der Waals surface area contributed by atoms with E-state index in [2.05, 4.69) is 4.98 Å². The lowest BCUT2D eigenvalue weighted by molar-refractivity contribution is -0.137. The highest BCUT2D eigenvalue weighted by Gasteiger charge is 2.31. The highest BCUT2D eigenvalue weighted by molar-refractivity contribution is 6.31. The standard InChI is InChI=1S/C8H7ClF3N.C2H6/c1-2-7-6(9)3-5(4-13-7)8(10,11)12;1-2/h3-4H,2H2,1H3;1-2H3. The molecular formula is C10H13ClF3N. The quantitative estimate of drug-likeness (QED) is 0.710. The average Bonchev–Trinajstić information content (AvgIpc) is 2.19. The van der Waals surface area contributed by atoms with Gasteiger partial charge in [0.1, 0.15) is 0 Å². The minimum Gasteiger partial charge on any atom is -0.259 e. The number of hydrogen-bond donors (Lipinski definition) is 0. The van der Waals surface area contributed by atoms with E-state index in [9.17, 15) is 13.2 Å². The van der Waals surface area contributed by atoms with Crippen molar-refractivity contribution in [1.82, 2.24) is 4.98 Å². The van der Waals surface area contributed by atoms with Crippen LogP contribution in [0.3, 0.4) is 0 Å². The van der Waals surface area contributed by atoms with Crippen LogP contribution in [0, 0.1) is 0 Å². The third-order valence-electron chi connectivity index (χ3n) is 1.58. The second kappa shape index (κ2) is 5.95. The Bertz CT molecular complexity index is 310. The Kier molecular flexibility index (Phi) is 5.65. The molecule has 0 N–H and O–H groups in total. The number of nitrogens with zero attached hydrogens (tertiary/aromatic N) is 1. The van der Waals surface area contributed by atoms with Crippen molar-refractivity contribution in [2.24, 2.45) is 0 Å². The fourth-order valence-corrected chi connectivity index (χ4v) is 1.18. The fourth-order valence-electron chi connectivity index (χ4n) is 0.881. The molecule has 0 aliphatic rings. The number of aromatic nitrogens is 1. The second-order valence-corrected chi connectivity index (χ2v) is 2.91. The van der Waals surface area contributed by atoms with Crippen molar-refractivity contribution in [2.75, 3.05) is 0 Å². The summed E-state index contributed by atoms with van der Waals surface area (Å²) in [5, 5.41) is 0.0670. The third-order valence-corrected chi connectivity index (χ3v) is 1.91. The fraction of sp³-hybridized carbons (Fsp3) is 0.500. The van der Waals surface area contributed by atoms with Gasteiger partial charge in [0.2, 0.25) is 0 Å². The summed E-state index contributed by atoms with van der Waals surface area (Å²) < 4.78 is 36.3. The maximum atomic E-state index is 12.1. The highest BCUT2D eigenvalue weighted by Crippen LogP contribution is 2.30. The van der Waals surface area contributed by atoms with Crippen molar-refractivity contribution >= 4 is 11.6 Å². The van der Waals surface area contributed by atoms with Crippen molar-refractivity contribution in [1.29, 1.82) is 0 Å². The molecule has 15 heavy (non-hydrogen) atoms. The maximum absolute atomic E-state index is 12.1. The van der Waals surface area contributed by atoms with Gasteiger partial charge in [-0.3, -0.25) is 4.98 Å². The molecule has 86 valence electrons. The number of pyridine rings is 1. The molecule has 0 amide bonds. The summed E-state index contributed by atoms with van der Waals surface area (Å²) >= 11 is 5.57. The Labute approximate surface area is 92.3 Å². The van der Waals surface area contributed by atoms with Gasteiger partial charge in [-0.15, -0.1) is 0 Å². The van der Waals surface area contributed by atoms with E-state index < -0.39 is 11.7 Å². The largest absolute Gasteiger partial charge is 0.417 e. The predicted molar refractivity (Wildman–Crippen MR) is 55.0 cm³/mol. The summed E-state index contributed by atoms with van der Waals surface area (Å²) in [6.45, 7) is 5.78. The number of alkyl halides is 3. The average molecular weight is 240 g/mol. The molecule has 0 spiro atoms. The van der Waals surface area contributed by atoms with Crippen molar-refractivity contribution in [2.45, 2.75) is 33.4 Å². The molecule has 0 aliphatic carbocycles.